The van der Waals surface area contributed by atoms with E-state index >= 15 is 0 Å². The molecule has 1 aliphatic heterocycles. The van der Waals surface area contributed by atoms with Gasteiger partial charge in [-0.05, 0) is 86.1 Å². The Morgan fingerprint density at radius 3 is 2.46 bits per heavy atom. The SMILES string of the molecule is O=C(CCCc1ccc(Cl)cc1OCC1CC1)c1ccc(Oc2cc3c(cc2Cl)C(C(=O)[O-])CCO3)cc1.[Na+]. The quantitative estimate of drug-likeness (QED) is 0.257. The van der Waals surface area contributed by atoms with Crippen LogP contribution in [0.25, 0.3) is 0 Å². The average molecular weight is 577 g/mol. The van der Waals surface area contributed by atoms with E-state index in [-0.39, 0.29) is 47.0 Å². The first-order valence-electron chi connectivity index (χ1n) is 12.8. The maximum absolute atomic E-state index is 12.8. The Morgan fingerprint density at radius 1 is 0.974 bits per heavy atom. The summed E-state index contributed by atoms with van der Waals surface area (Å²) in [6, 6.07) is 15.7. The van der Waals surface area contributed by atoms with Crippen LogP contribution in [0, 0.1) is 5.92 Å². The van der Waals surface area contributed by atoms with Crippen LogP contribution in [-0.2, 0) is 11.2 Å². The Bertz CT molecular complexity index is 1340. The Balaban J connectivity index is 0.00000353. The largest absolute Gasteiger partial charge is 1.00 e. The summed E-state index contributed by atoms with van der Waals surface area (Å²) in [6.45, 7) is 0.987. The number of ether oxygens (including phenoxy) is 3. The summed E-state index contributed by atoms with van der Waals surface area (Å²) in [4.78, 5) is 24.2. The van der Waals surface area contributed by atoms with Gasteiger partial charge in [0, 0.05) is 40.5 Å². The summed E-state index contributed by atoms with van der Waals surface area (Å²) in [5.74, 6) is 0.819. The molecule has 39 heavy (non-hydrogen) atoms. The number of fused-ring (bicyclic) bond motifs is 1. The molecule has 0 saturated heterocycles. The zero-order chi connectivity index (χ0) is 26.6. The normalized spacial score (nSPS) is 15.9. The Kier molecular flexibility index (Phi) is 10.2. The smallest absolute Gasteiger partial charge is 0.549 e. The Morgan fingerprint density at radius 2 is 1.74 bits per heavy atom. The Labute approximate surface area is 259 Å². The van der Waals surface area contributed by atoms with Gasteiger partial charge in [0.15, 0.2) is 5.78 Å². The van der Waals surface area contributed by atoms with E-state index in [1.807, 2.05) is 18.2 Å². The molecule has 1 saturated carbocycles. The number of hydrogen-bond acceptors (Lipinski definition) is 6. The number of benzene rings is 3. The van der Waals surface area contributed by atoms with E-state index in [0.29, 0.717) is 65.2 Å². The second-order valence-corrected chi connectivity index (χ2v) is 10.6. The van der Waals surface area contributed by atoms with Crippen molar-refractivity contribution < 1.29 is 58.5 Å². The number of rotatable bonds is 11. The number of aryl methyl sites for hydroxylation is 1. The molecule has 0 N–H and O–H groups in total. The molecule has 1 atom stereocenters. The molecule has 1 unspecified atom stereocenters. The van der Waals surface area contributed by atoms with E-state index in [9.17, 15) is 14.7 Å². The van der Waals surface area contributed by atoms with Crippen molar-refractivity contribution in [2.75, 3.05) is 13.2 Å². The van der Waals surface area contributed by atoms with Crippen LogP contribution in [0.1, 0.15) is 59.5 Å². The zero-order valence-corrected chi connectivity index (χ0v) is 25.2. The fourth-order valence-corrected chi connectivity index (χ4v) is 4.87. The Hall–Kier alpha value is -2.22. The van der Waals surface area contributed by atoms with Gasteiger partial charge in [-0.2, -0.15) is 0 Å². The van der Waals surface area contributed by atoms with Gasteiger partial charge in [0.2, 0.25) is 0 Å². The second-order valence-electron chi connectivity index (χ2n) is 9.74. The molecule has 3 aromatic carbocycles. The fraction of sp³-hybridized carbons (Fsp3) is 0.333. The van der Waals surface area contributed by atoms with Crippen LogP contribution in [0.4, 0.5) is 0 Å². The van der Waals surface area contributed by atoms with Gasteiger partial charge in [0.25, 0.3) is 0 Å². The van der Waals surface area contributed by atoms with E-state index < -0.39 is 11.9 Å². The monoisotopic (exact) mass is 576 g/mol. The summed E-state index contributed by atoms with van der Waals surface area (Å²) in [5.41, 5.74) is 2.13. The third kappa shape index (κ3) is 7.71. The van der Waals surface area contributed by atoms with E-state index in [1.54, 1.807) is 36.4 Å². The number of carbonyl (C=O) groups excluding carboxylic acids is 2. The summed E-state index contributed by atoms with van der Waals surface area (Å²) in [5, 5.41) is 12.3. The molecule has 9 heteroatoms. The van der Waals surface area contributed by atoms with Crippen molar-refractivity contribution in [3.63, 3.8) is 0 Å². The minimum Gasteiger partial charge on any atom is -0.549 e. The van der Waals surface area contributed by atoms with Crippen molar-refractivity contribution in [3.05, 3.63) is 81.3 Å². The molecule has 198 valence electrons. The molecule has 0 amide bonds. The van der Waals surface area contributed by atoms with Crippen LogP contribution in [0.5, 0.6) is 23.0 Å². The first-order chi connectivity index (χ1) is 18.4. The van der Waals surface area contributed by atoms with Crippen molar-refractivity contribution in [1.29, 1.82) is 0 Å². The van der Waals surface area contributed by atoms with E-state index in [2.05, 4.69) is 0 Å². The maximum atomic E-state index is 12.8. The van der Waals surface area contributed by atoms with Crippen LogP contribution in [0.15, 0.2) is 54.6 Å². The molecule has 0 aromatic heterocycles. The van der Waals surface area contributed by atoms with Gasteiger partial charge in [0.1, 0.15) is 23.0 Å². The van der Waals surface area contributed by atoms with Gasteiger partial charge >= 0.3 is 29.6 Å². The molecule has 0 spiro atoms. The molecule has 0 radical (unpaired) electrons. The van der Waals surface area contributed by atoms with Gasteiger partial charge in [-0.1, -0.05) is 29.3 Å². The van der Waals surface area contributed by atoms with Crippen LogP contribution < -0.4 is 48.9 Å². The third-order valence-electron chi connectivity index (χ3n) is 6.84. The first kappa shape index (κ1) is 29.8. The van der Waals surface area contributed by atoms with Gasteiger partial charge in [-0.25, -0.2) is 0 Å². The number of aliphatic carboxylic acids is 1. The number of Topliss-reactive ketones (excluding diaryl/α,β-unsaturated/α-hetero) is 1. The minimum absolute atomic E-state index is 0. The van der Waals surface area contributed by atoms with Gasteiger partial charge < -0.3 is 24.1 Å². The van der Waals surface area contributed by atoms with Gasteiger partial charge in [-0.3, -0.25) is 4.79 Å². The predicted molar refractivity (Wildman–Crippen MR) is 143 cm³/mol. The van der Waals surface area contributed by atoms with Gasteiger partial charge in [0.05, 0.1) is 18.2 Å². The molecular formula is C30H27Cl2NaO6. The average Bonchev–Trinajstić information content (AvgIpc) is 3.73. The fourth-order valence-electron chi connectivity index (χ4n) is 4.49. The first-order valence-corrected chi connectivity index (χ1v) is 13.5. The molecule has 2 aliphatic rings. The molecule has 1 fully saturated rings. The van der Waals surface area contributed by atoms with Crippen LogP contribution in [-0.4, -0.2) is 25.0 Å². The van der Waals surface area contributed by atoms with Crippen LogP contribution in [0.3, 0.4) is 0 Å². The van der Waals surface area contributed by atoms with E-state index in [0.717, 1.165) is 17.7 Å². The molecule has 3 aromatic rings. The number of carboxylic acids is 1. The molecule has 0 bridgehead atoms. The number of hydrogen-bond donors (Lipinski definition) is 0. The van der Waals surface area contributed by atoms with Crippen molar-refractivity contribution >= 4 is 35.0 Å². The maximum Gasteiger partial charge on any atom is 1.00 e. The molecule has 6 nitrogen and oxygen atoms in total. The summed E-state index contributed by atoms with van der Waals surface area (Å²) in [6.07, 6.45) is 4.58. The number of carbonyl (C=O) groups is 2. The van der Waals surface area contributed by atoms with Crippen molar-refractivity contribution in [3.8, 4) is 23.0 Å². The molecule has 1 heterocycles. The number of ketones is 1. The van der Waals surface area contributed by atoms with Crippen molar-refractivity contribution in [2.45, 2.75) is 44.4 Å². The zero-order valence-electron chi connectivity index (χ0n) is 21.7. The topological polar surface area (TPSA) is 84.9 Å². The van der Waals surface area contributed by atoms with Crippen molar-refractivity contribution in [1.82, 2.24) is 0 Å². The van der Waals surface area contributed by atoms with Crippen LogP contribution >= 0.6 is 23.2 Å². The standard InChI is InChI=1S/C30H28Cl2O6.Na/c31-21-9-6-20(27(14-21)37-17-18-4-5-18)2-1-3-26(33)19-7-10-22(11-8-19)38-29-16-28-24(15-25(29)32)23(30(34)35)12-13-36-28;/h6-11,14-16,18,23H,1-5,12-13,17H2,(H,34,35);/q;+1/p-1. The minimum atomic E-state index is -1.16. The molecule has 1 aliphatic carbocycles. The number of carboxylic acid groups (broad SMARTS) is 1. The third-order valence-corrected chi connectivity index (χ3v) is 7.37. The number of halogens is 2. The van der Waals surface area contributed by atoms with E-state index in [4.69, 9.17) is 37.4 Å². The molecular weight excluding hydrogens is 550 g/mol. The van der Waals surface area contributed by atoms with Crippen LogP contribution in [0.2, 0.25) is 10.0 Å². The predicted octanol–water partition coefficient (Wildman–Crippen LogP) is 3.40. The summed E-state index contributed by atoms with van der Waals surface area (Å²) >= 11 is 12.5. The summed E-state index contributed by atoms with van der Waals surface area (Å²) < 4.78 is 17.5. The van der Waals surface area contributed by atoms with E-state index in [1.165, 1.54) is 12.8 Å². The van der Waals surface area contributed by atoms with Gasteiger partial charge in [-0.15, -0.1) is 0 Å². The summed E-state index contributed by atoms with van der Waals surface area (Å²) in [7, 11) is 0. The molecule has 5 rings (SSSR count). The van der Waals surface area contributed by atoms with Crippen molar-refractivity contribution in [2.24, 2.45) is 5.92 Å². The second kappa shape index (κ2) is 13.4.